The topological polar surface area (TPSA) is 65.5 Å². The Kier molecular flexibility index (Phi) is 10.5. The van der Waals surface area contributed by atoms with Crippen molar-refractivity contribution in [2.24, 2.45) is 4.99 Å². The average Bonchev–Trinajstić information content (AvgIpc) is 2.70. The predicted molar refractivity (Wildman–Crippen MR) is 133 cm³/mol. The van der Waals surface area contributed by atoms with Gasteiger partial charge in [-0.05, 0) is 41.8 Å². The Labute approximate surface area is 195 Å². The number of carbonyl (C=O) groups excluding carboxylic acids is 1. The molecule has 0 aliphatic heterocycles. The summed E-state index contributed by atoms with van der Waals surface area (Å²) in [5.74, 6) is 0.674. The Hall–Kier alpha value is -1.80. The number of amides is 1. The van der Waals surface area contributed by atoms with Crippen molar-refractivity contribution in [3.8, 4) is 0 Å². The molecule has 0 aliphatic carbocycles. The molecule has 7 heteroatoms. The van der Waals surface area contributed by atoms with E-state index in [4.69, 9.17) is 11.6 Å². The number of rotatable bonds is 7. The van der Waals surface area contributed by atoms with Gasteiger partial charge in [0.25, 0.3) is 5.91 Å². The van der Waals surface area contributed by atoms with Gasteiger partial charge in [0, 0.05) is 43.2 Å². The normalized spacial score (nSPS) is 11.4. The molecule has 29 heavy (non-hydrogen) atoms. The molecular formula is C22H30ClIN4O. The van der Waals surface area contributed by atoms with Gasteiger partial charge in [-0.3, -0.25) is 9.79 Å². The fraction of sp³-hybridized carbons (Fsp3) is 0.364. The number of guanidine groups is 1. The second-order valence-corrected chi connectivity index (χ2v) is 7.71. The van der Waals surface area contributed by atoms with E-state index in [1.807, 2.05) is 42.5 Å². The first-order chi connectivity index (χ1) is 13.4. The summed E-state index contributed by atoms with van der Waals surface area (Å²) in [6.07, 6.45) is 0.795. The third-order valence-electron chi connectivity index (χ3n) is 4.65. The van der Waals surface area contributed by atoms with Crippen LogP contribution in [0.25, 0.3) is 0 Å². The van der Waals surface area contributed by atoms with Crippen molar-refractivity contribution in [2.75, 3.05) is 27.2 Å². The fourth-order valence-electron chi connectivity index (χ4n) is 2.87. The smallest absolute Gasteiger partial charge is 0.251 e. The van der Waals surface area contributed by atoms with Crippen LogP contribution in [-0.2, 0) is 11.8 Å². The van der Waals surface area contributed by atoms with Gasteiger partial charge in [0.15, 0.2) is 5.96 Å². The summed E-state index contributed by atoms with van der Waals surface area (Å²) >= 11 is 6.13. The molecule has 158 valence electrons. The van der Waals surface area contributed by atoms with Crippen molar-refractivity contribution in [1.82, 2.24) is 16.0 Å². The van der Waals surface area contributed by atoms with Gasteiger partial charge < -0.3 is 16.0 Å². The van der Waals surface area contributed by atoms with E-state index in [0.717, 1.165) is 29.5 Å². The van der Waals surface area contributed by atoms with E-state index in [1.54, 1.807) is 14.1 Å². The Balaban J connectivity index is 0.00000420. The Morgan fingerprint density at radius 3 is 2.48 bits per heavy atom. The Bertz CT molecular complexity index is 839. The number of aliphatic imine (C=N–C) groups is 1. The van der Waals surface area contributed by atoms with E-state index in [-0.39, 0.29) is 35.3 Å². The maximum absolute atomic E-state index is 11.7. The second kappa shape index (κ2) is 12.0. The van der Waals surface area contributed by atoms with Gasteiger partial charge in [-0.2, -0.15) is 0 Å². The highest BCUT2D eigenvalue weighted by molar-refractivity contribution is 14.0. The third kappa shape index (κ3) is 7.85. The van der Waals surface area contributed by atoms with Crippen LogP contribution < -0.4 is 16.0 Å². The number of hydrogen-bond acceptors (Lipinski definition) is 2. The molecule has 0 saturated carbocycles. The molecule has 0 spiro atoms. The molecule has 5 nitrogen and oxygen atoms in total. The van der Waals surface area contributed by atoms with E-state index in [2.05, 4.69) is 40.9 Å². The van der Waals surface area contributed by atoms with Crippen LogP contribution in [0.15, 0.2) is 53.5 Å². The zero-order valence-electron chi connectivity index (χ0n) is 17.4. The van der Waals surface area contributed by atoms with Gasteiger partial charge in [-0.1, -0.05) is 49.7 Å². The first-order valence-electron chi connectivity index (χ1n) is 9.37. The molecule has 2 rings (SSSR count). The summed E-state index contributed by atoms with van der Waals surface area (Å²) in [5.41, 5.74) is 2.85. The van der Waals surface area contributed by atoms with Crippen molar-refractivity contribution < 1.29 is 4.79 Å². The average molecular weight is 529 g/mol. The van der Waals surface area contributed by atoms with E-state index in [0.29, 0.717) is 12.1 Å². The molecule has 0 heterocycles. The predicted octanol–water partition coefficient (Wildman–Crippen LogP) is 4.00. The molecule has 0 unspecified atom stereocenters. The highest BCUT2D eigenvalue weighted by atomic mass is 127. The number of benzene rings is 2. The lowest BCUT2D eigenvalue weighted by Gasteiger charge is -2.27. The standard InChI is InChI=1S/C22H29ClN4O.HI/c1-22(2,18-9-6-10-19(23)14-18)15-27-21(25-4)26-12-11-16-7-5-8-17(13-16)20(28)24-3;/h5-10,13-14H,11-12,15H2,1-4H3,(H,24,28)(H2,25,26,27);1H. The SMILES string of the molecule is CN=C(NCCc1cccc(C(=O)NC)c1)NCC(C)(C)c1cccc(Cl)c1.I. The minimum Gasteiger partial charge on any atom is -0.356 e. The molecule has 0 fully saturated rings. The fourth-order valence-corrected chi connectivity index (χ4v) is 3.06. The van der Waals surface area contributed by atoms with Crippen LogP contribution in [0.1, 0.15) is 35.3 Å². The lowest BCUT2D eigenvalue weighted by atomic mass is 9.84. The molecule has 0 saturated heterocycles. The van der Waals surface area contributed by atoms with Crippen molar-refractivity contribution >= 4 is 47.4 Å². The molecule has 1 amide bonds. The number of carbonyl (C=O) groups is 1. The van der Waals surface area contributed by atoms with Gasteiger partial charge in [-0.25, -0.2) is 0 Å². The maximum atomic E-state index is 11.7. The lowest BCUT2D eigenvalue weighted by molar-refractivity contribution is 0.0963. The third-order valence-corrected chi connectivity index (χ3v) is 4.88. The maximum Gasteiger partial charge on any atom is 0.251 e. The summed E-state index contributed by atoms with van der Waals surface area (Å²) in [6, 6.07) is 15.6. The van der Waals surface area contributed by atoms with Crippen LogP contribution in [0.3, 0.4) is 0 Å². The molecule has 0 aromatic heterocycles. The molecule has 0 radical (unpaired) electrons. The van der Waals surface area contributed by atoms with Crippen LogP contribution in [0.5, 0.6) is 0 Å². The molecule has 3 N–H and O–H groups in total. The monoisotopic (exact) mass is 528 g/mol. The molecule has 2 aromatic rings. The quantitative estimate of drug-likeness (QED) is 0.289. The van der Waals surface area contributed by atoms with Gasteiger partial charge in [0.1, 0.15) is 0 Å². The van der Waals surface area contributed by atoms with Gasteiger partial charge in [0.05, 0.1) is 0 Å². The van der Waals surface area contributed by atoms with Crippen molar-refractivity contribution in [1.29, 1.82) is 0 Å². The van der Waals surface area contributed by atoms with Crippen LogP contribution in [0, 0.1) is 0 Å². The Morgan fingerprint density at radius 1 is 1.10 bits per heavy atom. The van der Waals surface area contributed by atoms with Crippen molar-refractivity contribution in [3.05, 3.63) is 70.2 Å². The first-order valence-corrected chi connectivity index (χ1v) is 9.75. The molecule has 0 bridgehead atoms. The van der Waals surface area contributed by atoms with Crippen LogP contribution in [0.4, 0.5) is 0 Å². The number of nitrogens with zero attached hydrogens (tertiary/aromatic N) is 1. The minimum atomic E-state index is -0.0929. The Morgan fingerprint density at radius 2 is 1.83 bits per heavy atom. The van der Waals surface area contributed by atoms with Crippen LogP contribution in [-0.4, -0.2) is 39.1 Å². The van der Waals surface area contributed by atoms with Gasteiger partial charge >= 0.3 is 0 Å². The molecule has 0 aliphatic rings. The number of halogens is 2. The summed E-state index contributed by atoms with van der Waals surface area (Å²) in [5, 5.41) is 10.1. The first kappa shape index (κ1) is 25.2. The van der Waals surface area contributed by atoms with E-state index in [9.17, 15) is 4.79 Å². The van der Waals surface area contributed by atoms with E-state index < -0.39 is 0 Å². The van der Waals surface area contributed by atoms with E-state index >= 15 is 0 Å². The summed E-state index contributed by atoms with van der Waals surface area (Å²) in [4.78, 5) is 16.0. The second-order valence-electron chi connectivity index (χ2n) is 7.28. The summed E-state index contributed by atoms with van der Waals surface area (Å²) in [7, 11) is 3.39. The van der Waals surface area contributed by atoms with E-state index in [1.165, 1.54) is 5.56 Å². The number of nitrogens with one attached hydrogen (secondary N) is 3. The number of hydrogen-bond donors (Lipinski definition) is 3. The van der Waals surface area contributed by atoms with Gasteiger partial charge in [0.2, 0.25) is 0 Å². The van der Waals surface area contributed by atoms with Crippen LogP contribution in [0.2, 0.25) is 5.02 Å². The zero-order valence-corrected chi connectivity index (χ0v) is 20.5. The largest absolute Gasteiger partial charge is 0.356 e. The molecule has 0 atom stereocenters. The molecular weight excluding hydrogens is 499 g/mol. The highest BCUT2D eigenvalue weighted by Gasteiger charge is 2.21. The van der Waals surface area contributed by atoms with Crippen molar-refractivity contribution in [3.63, 3.8) is 0 Å². The molecule has 2 aromatic carbocycles. The zero-order chi connectivity index (χ0) is 20.6. The summed E-state index contributed by atoms with van der Waals surface area (Å²) in [6.45, 7) is 5.78. The van der Waals surface area contributed by atoms with Crippen molar-refractivity contribution in [2.45, 2.75) is 25.7 Å². The van der Waals surface area contributed by atoms with Crippen LogP contribution >= 0.6 is 35.6 Å². The lowest BCUT2D eigenvalue weighted by Crippen LogP contribution is -2.44. The summed E-state index contributed by atoms with van der Waals surface area (Å²) < 4.78 is 0. The minimum absolute atomic E-state index is 0. The van der Waals surface area contributed by atoms with Gasteiger partial charge in [-0.15, -0.1) is 24.0 Å². The highest BCUT2D eigenvalue weighted by Crippen LogP contribution is 2.24.